The van der Waals surface area contributed by atoms with Gasteiger partial charge in [-0.15, -0.1) is 0 Å². The maximum Gasteiger partial charge on any atom is 0.340 e. The number of carbonyl (C=O) groups is 1. The minimum Gasteiger partial charge on any atom is -0.464 e. The fraction of sp³-hybridized carbons (Fsp3) is 0.300. The average molecular weight is 247 g/mol. The summed E-state index contributed by atoms with van der Waals surface area (Å²) in [6.07, 6.45) is 0. The molecule has 1 aromatic rings. The van der Waals surface area contributed by atoms with Crippen LogP contribution >= 0.6 is 11.6 Å². The topological polar surface area (TPSA) is 50.4 Å². The van der Waals surface area contributed by atoms with E-state index in [9.17, 15) is 9.18 Å². The van der Waals surface area contributed by atoms with E-state index >= 15 is 0 Å². The molecule has 88 valence electrons. The van der Waals surface area contributed by atoms with Gasteiger partial charge < -0.3 is 10.2 Å². The summed E-state index contributed by atoms with van der Waals surface area (Å²) < 4.78 is 17.2. The number of alkyl halides is 1. The number of anilines is 1. The Morgan fingerprint density at radius 3 is 2.69 bits per heavy atom. The summed E-state index contributed by atoms with van der Waals surface area (Å²) >= 11 is 5.67. The van der Waals surface area contributed by atoms with Crippen molar-refractivity contribution in [2.45, 2.75) is 12.4 Å². The monoisotopic (exact) mass is 246 g/mol. The summed E-state index contributed by atoms with van der Waals surface area (Å²) in [5.74, 6) is -0.905. The number of hydrogen-bond donors (Lipinski definition) is 2. The molecule has 0 saturated carbocycles. The van der Waals surface area contributed by atoms with Gasteiger partial charge in [0.15, 0.2) is 5.50 Å². The van der Waals surface area contributed by atoms with Crippen molar-refractivity contribution in [2.24, 2.45) is 0 Å². The molecule has 4 nitrogen and oxygen atoms in total. The van der Waals surface area contributed by atoms with Crippen molar-refractivity contribution in [1.29, 1.82) is 0 Å². The summed E-state index contributed by atoms with van der Waals surface area (Å²) in [5, 5.41) is 0. The van der Waals surface area contributed by atoms with Crippen molar-refractivity contribution in [1.82, 2.24) is 5.43 Å². The minimum absolute atomic E-state index is 0.264. The van der Waals surface area contributed by atoms with Crippen LogP contribution in [0.1, 0.15) is 6.92 Å². The van der Waals surface area contributed by atoms with Crippen LogP contribution in [0, 0.1) is 5.82 Å². The highest BCUT2D eigenvalue weighted by molar-refractivity contribution is 6.29. The number of esters is 1. The van der Waals surface area contributed by atoms with E-state index in [4.69, 9.17) is 11.6 Å². The number of ether oxygens (including phenoxy) is 1. The maximum atomic E-state index is 12.6. The molecule has 2 N–H and O–H groups in total. The Labute approximate surface area is 97.7 Å². The standard InChI is InChI=1S/C10H12ClFN2O2/c1-2-16-10(15)9(11)14-13-8-5-3-7(12)4-6-8/h3-6,9,13-14H,2H2,1H3. The Balaban J connectivity index is 2.39. The van der Waals surface area contributed by atoms with E-state index in [1.807, 2.05) is 0 Å². The first-order valence-corrected chi connectivity index (χ1v) is 5.15. The summed E-state index contributed by atoms with van der Waals surface area (Å²) in [4.78, 5) is 11.1. The highest BCUT2D eigenvalue weighted by Gasteiger charge is 2.15. The van der Waals surface area contributed by atoms with Crippen molar-refractivity contribution in [3.63, 3.8) is 0 Å². The largest absolute Gasteiger partial charge is 0.464 e. The molecule has 0 radical (unpaired) electrons. The van der Waals surface area contributed by atoms with Crippen LogP contribution in [0.5, 0.6) is 0 Å². The van der Waals surface area contributed by atoms with Gasteiger partial charge in [-0.05, 0) is 31.2 Å². The van der Waals surface area contributed by atoms with Gasteiger partial charge in [0.05, 0.1) is 6.61 Å². The number of hydrogen-bond acceptors (Lipinski definition) is 4. The van der Waals surface area contributed by atoms with Gasteiger partial charge in [-0.2, -0.15) is 0 Å². The molecule has 0 heterocycles. The Morgan fingerprint density at radius 1 is 1.50 bits per heavy atom. The second-order valence-electron chi connectivity index (χ2n) is 2.89. The number of benzene rings is 1. The first kappa shape index (κ1) is 12.7. The van der Waals surface area contributed by atoms with Crippen LogP contribution in [0.25, 0.3) is 0 Å². The highest BCUT2D eigenvalue weighted by Crippen LogP contribution is 2.07. The predicted molar refractivity (Wildman–Crippen MR) is 59.4 cm³/mol. The molecule has 1 unspecified atom stereocenters. The van der Waals surface area contributed by atoms with Crippen LogP contribution in [-0.4, -0.2) is 18.1 Å². The van der Waals surface area contributed by atoms with Gasteiger partial charge in [0, 0.05) is 5.69 Å². The first-order valence-electron chi connectivity index (χ1n) is 4.71. The minimum atomic E-state index is -0.995. The Hall–Kier alpha value is -1.33. The van der Waals surface area contributed by atoms with Crippen molar-refractivity contribution in [3.8, 4) is 0 Å². The lowest BCUT2D eigenvalue weighted by atomic mass is 10.3. The second-order valence-corrected chi connectivity index (χ2v) is 3.33. The summed E-state index contributed by atoms with van der Waals surface area (Å²) in [6.45, 7) is 1.95. The molecule has 0 aromatic heterocycles. The van der Waals surface area contributed by atoms with Crippen molar-refractivity contribution in [3.05, 3.63) is 30.1 Å². The number of hydrazine groups is 1. The van der Waals surface area contributed by atoms with Gasteiger partial charge in [-0.25, -0.2) is 14.6 Å². The summed E-state index contributed by atoms with van der Waals surface area (Å²) in [5.41, 5.74) is 4.78. The summed E-state index contributed by atoms with van der Waals surface area (Å²) in [6, 6.07) is 5.60. The molecule has 0 aliphatic carbocycles. The summed E-state index contributed by atoms with van der Waals surface area (Å²) in [7, 11) is 0. The second kappa shape index (κ2) is 6.30. The third kappa shape index (κ3) is 4.04. The third-order valence-corrected chi connectivity index (χ3v) is 1.97. The molecule has 16 heavy (non-hydrogen) atoms. The van der Waals surface area contributed by atoms with Crippen molar-refractivity contribution < 1.29 is 13.9 Å². The zero-order chi connectivity index (χ0) is 12.0. The molecule has 0 aliphatic rings. The van der Waals surface area contributed by atoms with Crippen molar-refractivity contribution in [2.75, 3.05) is 12.0 Å². The van der Waals surface area contributed by atoms with Crippen LogP contribution < -0.4 is 10.9 Å². The molecular weight excluding hydrogens is 235 g/mol. The number of halogens is 2. The number of nitrogens with one attached hydrogen (secondary N) is 2. The molecule has 0 fully saturated rings. The zero-order valence-corrected chi connectivity index (χ0v) is 9.42. The van der Waals surface area contributed by atoms with E-state index in [1.165, 1.54) is 24.3 Å². The van der Waals surface area contributed by atoms with Crippen LogP contribution in [0.3, 0.4) is 0 Å². The molecular formula is C10H12ClFN2O2. The highest BCUT2D eigenvalue weighted by atomic mass is 35.5. The smallest absolute Gasteiger partial charge is 0.340 e. The van der Waals surface area contributed by atoms with Crippen LogP contribution in [0.15, 0.2) is 24.3 Å². The van der Waals surface area contributed by atoms with Gasteiger partial charge in [0.1, 0.15) is 5.82 Å². The first-order chi connectivity index (χ1) is 7.63. The van der Waals surface area contributed by atoms with Gasteiger partial charge in [0.25, 0.3) is 0 Å². The molecule has 0 spiro atoms. The molecule has 0 bridgehead atoms. The Morgan fingerprint density at radius 2 is 2.12 bits per heavy atom. The fourth-order valence-corrected chi connectivity index (χ4v) is 1.07. The Bertz CT molecular complexity index is 345. The molecule has 1 rings (SSSR count). The SMILES string of the molecule is CCOC(=O)C(Cl)NNc1ccc(F)cc1. The Kier molecular flexibility index (Phi) is 5.01. The average Bonchev–Trinajstić information content (AvgIpc) is 2.28. The number of carbonyl (C=O) groups excluding carboxylic acids is 1. The molecule has 0 aliphatic heterocycles. The molecule has 6 heteroatoms. The molecule has 1 atom stereocenters. The van der Waals surface area contributed by atoms with Gasteiger partial charge in [-0.1, -0.05) is 11.6 Å². The van der Waals surface area contributed by atoms with E-state index in [2.05, 4.69) is 15.6 Å². The van der Waals surface area contributed by atoms with Gasteiger partial charge in [-0.3, -0.25) is 0 Å². The number of rotatable bonds is 5. The lowest BCUT2D eigenvalue weighted by Crippen LogP contribution is -2.37. The lowest BCUT2D eigenvalue weighted by molar-refractivity contribution is -0.143. The van der Waals surface area contributed by atoms with E-state index in [-0.39, 0.29) is 12.4 Å². The van der Waals surface area contributed by atoms with Gasteiger partial charge >= 0.3 is 5.97 Å². The van der Waals surface area contributed by atoms with Gasteiger partial charge in [0.2, 0.25) is 0 Å². The molecule has 0 amide bonds. The quantitative estimate of drug-likeness (QED) is 0.360. The van der Waals surface area contributed by atoms with E-state index in [0.717, 1.165) is 0 Å². The predicted octanol–water partition coefficient (Wildman–Crippen LogP) is 1.87. The molecule has 1 aromatic carbocycles. The molecule has 0 saturated heterocycles. The van der Waals surface area contributed by atoms with Crippen LogP contribution in [0.4, 0.5) is 10.1 Å². The third-order valence-electron chi connectivity index (χ3n) is 1.68. The van der Waals surface area contributed by atoms with Crippen LogP contribution in [0.2, 0.25) is 0 Å². The van der Waals surface area contributed by atoms with E-state index in [0.29, 0.717) is 5.69 Å². The van der Waals surface area contributed by atoms with E-state index < -0.39 is 11.5 Å². The fourth-order valence-electron chi connectivity index (χ4n) is 0.954. The zero-order valence-electron chi connectivity index (χ0n) is 8.67. The normalized spacial score (nSPS) is 11.9. The lowest BCUT2D eigenvalue weighted by Gasteiger charge is -2.12. The van der Waals surface area contributed by atoms with Crippen molar-refractivity contribution >= 4 is 23.3 Å². The maximum absolute atomic E-state index is 12.6. The van der Waals surface area contributed by atoms with E-state index in [1.54, 1.807) is 6.92 Å². The van der Waals surface area contributed by atoms with Crippen LogP contribution in [-0.2, 0) is 9.53 Å².